The smallest absolute Gasteiger partial charge is 0.266 e. The molecule has 0 aliphatic rings. The quantitative estimate of drug-likeness (QED) is 0.274. The van der Waals surface area contributed by atoms with Crippen LogP contribution in [0.3, 0.4) is 0 Å². The van der Waals surface area contributed by atoms with Crippen molar-refractivity contribution in [3.8, 4) is 0 Å². The van der Waals surface area contributed by atoms with Gasteiger partial charge in [-0.2, -0.15) is 19.8 Å². The molecule has 0 saturated carbocycles. The number of benzene rings is 2. The fraction of sp³-hybridized carbons (Fsp3) is 0.304. The fourth-order valence-corrected chi connectivity index (χ4v) is 5.15. The van der Waals surface area contributed by atoms with Gasteiger partial charge in [0.25, 0.3) is 19.2 Å². The van der Waals surface area contributed by atoms with Gasteiger partial charge in [-0.25, -0.2) is 8.42 Å². The third kappa shape index (κ3) is 8.67. The Bertz CT molecular complexity index is 1170. The van der Waals surface area contributed by atoms with E-state index in [2.05, 4.69) is 18.4 Å². The molecule has 1 heterocycles. The molecule has 2 aromatic carbocycles. The molecule has 1 atom stereocenters. The third-order valence-corrected chi connectivity index (χ3v) is 8.15. The van der Waals surface area contributed by atoms with Crippen molar-refractivity contribution in [3.05, 3.63) is 82.0 Å². The molecule has 0 radical (unpaired) electrons. The van der Waals surface area contributed by atoms with Gasteiger partial charge in [0, 0.05) is 10.7 Å². The maximum atomic E-state index is 12.1. The second-order valence-corrected chi connectivity index (χ2v) is 12.4. The molecule has 0 spiro atoms. The summed E-state index contributed by atoms with van der Waals surface area (Å²) in [5.74, 6) is 0.208. The molecule has 0 saturated heterocycles. The van der Waals surface area contributed by atoms with Crippen molar-refractivity contribution in [3.63, 3.8) is 0 Å². The summed E-state index contributed by atoms with van der Waals surface area (Å²) in [6.45, 7) is 6.08. The lowest BCUT2D eigenvalue weighted by Gasteiger charge is -2.14. The van der Waals surface area contributed by atoms with Crippen molar-refractivity contribution < 1.29 is 21.0 Å². The van der Waals surface area contributed by atoms with E-state index >= 15 is 0 Å². The molecule has 0 aliphatic carbocycles. The molecule has 0 fully saturated rings. The lowest BCUT2D eigenvalue weighted by Crippen LogP contribution is -2.16. The van der Waals surface area contributed by atoms with Crippen LogP contribution in [-0.2, 0) is 29.8 Å². The highest BCUT2D eigenvalue weighted by molar-refractivity contribution is 8.13. The zero-order valence-corrected chi connectivity index (χ0v) is 21.4. The van der Waals surface area contributed by atoms with Crippen molar-refractivity contribution in [1.82, 2.24) is 0 Å². The van der Waals surface area contributed by atoms with Gasteiger partial charge in [-0.1, -0.05) is 48.7 Å². The van der Waals surface area contributed by atoms with Crippen LogP contribution >= 0.6 is 22.0 Å². The number of hydrogen-bond donors (Lipinski definition) is 0. The van der Waals surface area contributed by atoms with Gasteiger partial charge in [0.1, 0.15) is 0 Å². The van der Waals surface area contributed by atoms with Crippen LogP contribution in [0.5, 0.6) is 0 Å². The second kappa shape index (κ2) is 12.0. The molecule has 32 heavy (non-hydrogen) atoms. The van der Waals surface area contributed by atoms with Gasteiger partial charge in [0.2, 0.25) is 0 Å². The van der Waals surface area contributed by atoms with Gasteiger partial charge >= 0.3 is 0 Å². The summed E-state index contributed by atoms with van der Waals surface area (Å²) in [6.07, 6.45) is 1.74. The Labute approximate surface area is 199 Å². The summed E-state index contributed by atoms with van der Waals surface area (Å²) >= 11 is 1.65. The highest BCUT2D eigenvalue weighted by atomic mass is 35.7. The SMILES string of the molecule is CCC(COS(=O)(=O)c1ccc(C)cc1)Cc1ccsc1.Cc1ccc(S(=O)(=O)Cl)cc1. The Balaban J connectivity index is 0.000000278. The van der Waals surface area contributed by atoms with Crippen LogP contribution in [0, 0.1) is 19.8 Å². The number of thiophene rings is 1. The molecule has 0 N–H and O–H groups in total. The number of halogens is 1. The van der Waals surface area contributed by atoms with E-state index in [1.54, 1.807) is 47.7 Å². The van der Waals surface area contributed by atoms with Crippen molar-refractivity contribution in [2.45, 2.75) is 43.4 Å². The molecule has 0 amide bonds. The summed E-state index contributed by atoms with van der Waals surface area (Å²) in [7, 11) is -2.12. The highest BCUT2D eigenvalue weighted by Crippen LogP contribution is 2.19. The molecule has 3 aromatic rings. The average molecular weight is 515 g/mol. The lowest BCUT2D eigenvalue weighted by atomic mass is 10.00. The summed E-state index contributed by atoms with van der Waals surface area (Å²) in [6, 6.07) is 15.2. The van der Waals surface area contributed by atoms with Gasteiger partial charge in [-0.15, -0.1) is 0 Å². The Morgan fingerprint density at radius 3 is 1.84 bits per heavy atom. The zero-order valence-electron chi connectivity index (χ0n) is 18.2. The third-order valence-electron chi connectivity index (χ3n) is 4.75. The van der Waals surface area contributed by atoms with E-state index < -0.39 is 19.2 Å². The van der Waals surface area contributed by atoms with Crippen molar-refractivity contribution in [2.24, 2.45) is 5.92 Å². The van der Waals surface area contributed by atoms with E-state index in [1.807, 2.05) is 19.2 Å². The van der Waals surface area contributed by atoms with E-state index in [-0.39, 0.29) is 22.3 Å². The summed E-state index contributed by atoms with van der Waals surface area (Å²) < 4.78 is 50.9. The molecule has 1 aromatic heterocycles. The molecule has 174 valence electrons. The minimum absolute atomic E-state index is 0.143. The van der Waals surface area contributed by atoms with Crippen LogP contribution in [0.1, 0.15) is 30.0 Å². The molecular weight excluding hydrogens is 488 g/mol. The Hall–Kier alpha value is -1.71. The first-order valence-electron chi connectivity index (χ1n) is 9.99. The molecule has 9 heteroatoms. The number of hydrogen-bond acceptors (Lipinski definition) is 6. The van der Waals surface area contributed by atoms with Crippen LogP contribution in [0.2, 0.25) is 0 Å². The molecule has 0 aliphatic heterocycles. The fourth-order valence-electron chi connectivity index (χ4n) is 2.72. The van der Waals surface area contributed by atoms with E-state index in [4.69, 9.17) is 14.9 Å². The predicted octanol–water partition coefficient (Wildman–Crippen LogP) is 5.95. The van der Waals surface area contributed by atoms with E-state index in [9.17, 15) is 16.8 Å². The Kier molecular flexibility index (Phi) is 9.91. The standard InChI is InChI=1S/C16H20O3S2.C7H7ClO2S/c1-3-14(10-15-8-9-20-12-15)11-19-21(17,18)16-6-4-13(2)5-7-16;1-6-2-4-7(5-3-6)11(8,9)10/h4-9,12,14H,3,10-11H2,1-2H3;2-5H,1H3. The minimum atomic E-state index is -3.66. The Morgan fingerprint density at radius 1 is 0.875 bits per heavy atom. The molecule has 1 unspecified atom stereocenters. The van der Waals surface area contributed by atoms with Gasteiger partial charge in [0.05, 0.1) is 16.4 Å². The van der Waals surface area contributed by atoms with E-state index in [0.717, 1.165) is 24.0 Å². The van der Waals surface area contributed by atoms with Gasteiger partial charge in [-0.3, -0.25) is 4.18 Å². The Morgan fingerprint density at radius 2 is 1.41 bits per heavy atom. The van der Waals surface area contributed by atoms with Gasteiger partial charge < -0.3 is 0 Å². The molecule has 0 bridgehead atoms. The van der Waals surface area contributed by atoms with Crippen molar-refractivity contribution >= 4 is 41.2 Å². The van der Waals surface area contributed by atoms with E-state index in [1.165, 1.54) is 17.7 Å². The summed E-state index contributed by atoms with van der Waals surface area (Å²) in [4.78, 5) is 0.364. The maximum absolute atomic E-state index is 12.1. The zero-order chi connectivity index (χ0) is 23.8. The first-order valence-corrected chi connectivity index (χ1v) is 14.7. The average Bonchev–Trinajstić information content (AvgIpc) is 3.25. The summed E-state index contributed by atoms with van der Waals surface area (Å²) in [5, 5.41) is 4.13. The van der Waals surface area contributed by atoms with Crippen LogP contribution in [0.15, 0.2) is 75.1 Å². The molecular formula is C23H27ClO5S3. The number of rotatable bonds is 8. The van der Waals surface area contributed by atoms with Crippen LogP contribution in [0.25, 0.3) is 0 Å². The molecule has 3 rings (SSSR count). The maximum Gasteiger partial charge on any atom is 0.296 e. The largest absolute Gasteiger partial charge is 0.296 e. The first kappa shape index (κ1) is 26.5. The summed E-state index contributed by atoms with van der Waals surface area (Å²) in [5.41, 5.74) is 3.27. The second-order valence-electron chi connectivity index (χ2n) is 7.41. The predicted molar refractivity (Wildman–Crippen MR) is 130 cm³/mol. The normalized spacial score (nSPS) is 12.6. The lowest BCUT2D eigenvalue weighted by molar-refractivity contribution is 0.249. The van der Waals surface area contributed by atoms with Crippen molar-refractivity contribution in [1.29, 1.82) is 0 Å². The molecule has 5 nitrogen and oxygen atoms in total. The monoisotopic (exact) mass is 514 g/mol. The topological polar surface area (TPSA) is 77.5 Å². The highest BCUT2D eigenvalue weighted by Gasteiger charge is 2.18. The van der Waals surface area contributed by atoms with Crippen LogP contribution in [-0.4, -0.2) is 23.4 Å². The van der Waals surface area contributed by atoms with Crippen LogP contribution < -0.4 is 0 Å². The van der Waals surface area contributed by atoms with Gasteiger partial charge in [-0.05, 0) is 72.8 Å². The van der Waals surface area contributed by atoms with Gasteiger partial charge in [0.15, 0.2) is 0 Å². The van der Waals surface area contributed by atoms with Crippen molar-refractivity contribution in [2.75, 3.05) is 6.61 Å². The first-order chi connectivity index (χ1) is 15.0. The number of aryl methyl sites for hydroxylation is 2. The minimum Gasteiger partial charge on any atom is -0.266 e. The van der Waals surface area contributed by atoms with E-state index in [0.29, 0.717) is 0 Å². The van der Waals surface area contributed by atoms with Crippen LogP contribution in [0.4, 0.5) is 0 Å².